The number of ether oxygens (including phenoxy) is 1. The molecule has 3 aromatic rings. The molecule has 24 heavy (non-hydrogen) atoms. The van der Waals surface area contributed by atoms with Crippen LogP contribution >= 0.6 is 0 Å². The van der Waals surface area contributed by atoms with Crippen LogP contribution in [0.3, 0.4) is 0 Å². The minimum atomic E-state index is 0.671. The molecule has 1 heterocycles. The van der Waals surface area contributed by atoms with Crippen molar-refractivity contribution in [3.05, 3.63) is 59.9 Å². The molecule has 0 N–H and O–H groups in total. The van der Waals surface area contributed by atoms with E-state index in [0.717, 1.165) is 35.6 Å². The fraction of sp³-hybridized carbons (Fsp3) is 0.286. The van der Waals surface area contributed by atoms with Crippen LogP contribution in [-0.4, -0.2) is 16.7 Å². The first kappa shape index (κ1) is 16.3. The fourth-order valence-electron chi connectivity index (χ4n) is 2.73. The molecular weight excluding hydrogens is 296 g/mol. The smallest absolute Gasteiger partial charge is 0.133 e. The Morgan fingerprint density at radius 2 is 1.79 bits per heavy atom. The maximum atomic E-state index is 5.20. The zero-order valence-corrected chi connectivity index (χ0v) is 14.6. The zero-order valence-electron chi connectivity index (χ0n) is 14.6. The third-order valence-corrected chi connectivity index (χ3v) is 4.15. The molecule has 0 spiro atoms. The van der Waals surface area contributed by atoms with Gasteiger partial charge in [0.25, 0.3) is 0 Å². The van der Waals surface area contributed by atoms with Gasteiger partial charge < -0.3 is 9.30 Å². The standard InChI is InChI=1S/C21H24N2O/c1-16(2)14-15-23-20-7-5-4-6-19(20)22-21(23)13-10-17-8-11-18(24-3)12-9-17/h4-13,16H,14-15H2,1-3H3/b13-10+. The highest BCUT2D eigenvalue weighted by Gasteiger charge is 2.08. The Labute approximate surface area is 143 Å². The number of aromatic nitrogens is 2. The summed E-state index contributed by atoms with van der Waals surface area (Å²) >= 11 is 0. The lowest BCUT2D eigenvalue weighted by Crippen LogP contribution is -2.03. The second-order valence-electron chi connectivity index (χ2n) is 6.40. The monoisotopic (exact) mass is 320 g/mol. The van der Waals surface area contributed by atoms with Crippen molar-refractivity contribution in [3.63, 3.8) is 0 Å². The Balaban J connectivity index is 1.91. The van der Waals surface area contributed by atoms with Gasteiger partial charge in [0.2, 0.25) is 0 Å². The molecule has 2 aromatic carbocycles. The van der Waals surface area contributed by atoms with Gasteiger partial charge in [-0.15, -0.1) is 0 Å². The van der Waals surface area contributed by atoms with E-state index in [9.17, 15) is 0 Å². The molecule has 0 bridgehead atoms. The second-order valence-corrected chi connectivity index (χ2v) is 6.40. The normalized spacial score (nSPS) is 11.7. The lowest BCUT2D eigenvalue weighted by atomic mass is 10.1. The van der Waals surface area contributed by atoms with Crippen molar-refractivity contribution in [1.82, 2.24) is 9.55 Å². The van der Waals surface area contributed by atoms with Crippen molar-refractivity contribution in [3.8, 4) is 5.75 Å². The highest BCUT2D eigenvalue weighted by atomic mass is 16.5. The van der Waals surface area contributed by atoms with E-state index in [1.807, 2.05) is 18.2 Å². The molecule has 0 fully saturated rings. The minimum Gasteiger partial charge on any atom is -0.497 e. The van der Waals surface area contributed by atoms with Crippen LogP contribution in [0.25, 0.3) is 23.2 Å². The van der Waals surface area contributed by atoms with Gasteiger partial charge in [0.1, 0.15) is 11.6 Å². The first-order valence-electron chi connectivity index (χ1n) is 8.45. The van der Waals surface area contributed by atoms with Gasteiger partial charge in [-0.05, 0) is 48.2 Å². The van der Waals surface area contributed by atoms with Crippen LogP contribution in [0.2, 0.25) is 0 Å². The molecule has 0 unspecified atom stereocenters. The van der Waals surface area contributed by atoms with Gasteiger partial charge >= 0.3 is 0 Å². The van der Waals surface area contributed by atoms with E-state index in [-0.39, 0.29) is 0 Å². The Bertz CT molecular complexity index is 829. The van der Waals surface area contributed by atoms with Crippen molar-refractivity contribution < 1.29 is 4.74 Å². The summed E-state index contributed by atoms with van der Waals surface area (Å²) in [6, 6.07) is 16.4. The van der Waals surface area contributed by atoms with Gasteiger partial charge in [0, 0.05) is 6.54 Å². The highest BCUT2D eigenvalue weighted by molar-refractivity contribution is 5.79. The number of hydrogen-bond acceptors (Lipinski definition) is 2. The largest absolute Gasteiger partial charge is 0.497 e. The molecule has 0 aliphatic heterocycles. The van der Waals surface area contributed by atoms with Crippen LogP contribution in [0.4, 0.5) is 0 Å². The zero-order chi connectivity index (χ0) is 16.9. The summed E-state index contributed by atoms with van der Waals surface area (Å²) in [6.45, 7) is 5.50. The molecule has 0 aliphatic rings. The molecule has 0 aliphatic carbocycles. The lowest BCUT2D eigenvalue weighted by molar-refractivity contribution is 0.415. The summed E-state index contributed by atoms with van der Waals surface area (Å²) in [5.74, 6) is 2.55. The van der Waals surface area contributed by atoms with Gasteiger partial charge in [-0.3, -0.25) is 0 Å². The van der Waals surface area contributed by atoms with E-state index in [1.54, 1.807) is 7.11 Å². The fourth-order valence-corrected chi connectivity index (χ4v) is 2.73. The average Bonchev–Trinajstić information content (AvgIpc) is 2.96. The molecule has 3 rings (SSSR count). The van der Waals surface area contributed by atoms with Crippen LogP contribution in [0.1, 0.15) is 31.7 Å². The first-order chi connectivity index (χ1) is 11.7. The van der Waals surface area contributed by atoms with Crippen molar-refractivity contribution >= 4 is 23.2 Å². The van der Waals surface area contributed by atoms with Crippen molar-refractivity contribution in [2.45, 2.75) is 26.8 Å². The summed E-state index contributed by atoms with van der Waals surface area (Å²) in [5.41, 5.74) is 3.39. The van der Waals surface area contributed by atoms with Crippen LogP contribution in [0.15, 0.2) is 48.5 Å². The summed E-state index contributed by atoms with van der Waals surface area (Å²) in [5, 5.41) is 0. The quantitative estimate of drug-likeness (QED) is 0.619. The van der Waals surface area contributed by atoms with E-state index in [4.69, 9.17) is 9.72 Å². The molecule has 0 radical (unpaired) electrons. The number of para-hydroxylation sites is 2. The number of rotatable bonds is 6. The molecule has 3 heteroatoms. The van der Waals surface area contributed by atoms with E-state index >= 15 is 0 Å². The summed E-state index contributed by atoms with van der Waals surface area (Å²) in [7, 11) is 1.68. The number of aryl methyl sites for hydroxylation is 1. The molecule has 0 saturated heterocycles. The van der Waals surface area contributed by atoms with Gasteiger partial charge in [-0.2, -0.15) is 0 Å². The van der Waals surface area contributed by atoms with Crippen LogP contribution in [0, 0.1) is 5.92 Å². The van der Waals surface area contributed by atoms with Gasteiger partial charge in [0.15, 0.2) is 0 Å². The van der Waals surface area contributed by atoms with E-state index in [2.05, 4.69) is 60.9 Å². The van der Waals surface area contributed by atoms with Crippen LogP contribution in [-0.2, 0) is 6.54 Å². The molecule has 1 aromatic heterocycles. The summed E-state index contributed by atoms with van der Waals surface area (Å²) in [6.07, 6.45) is 5.35. The summed E-state index contributed by atoms with van der Waals surface area (Å²) < 4.78 is 7.52. The van der Waals surface area contributed by atoms with Gasteiger partial charge in [-0.1, -0.05) is 44.2 Å². The van der Waals surface area contributed by atoms with Gasteiger partial charge in [-0.25, -0.2) is 4.98 Å². The molecule has 3 nitrogen and oxygen atoms in total. The Hall–Kier alpha value is -2.55. The topological polar surface area (TPSA) is 27.1 Å². The van der Waals surface area contributed by atoms with Crippen LogP contribution in [0.5, 0.6) is 5.75 Å². The highest BCUT2D eigenvalue weighted by Crippen LogP contribution is 2.20. The Kier molecular flexibility index (Phi) is 4.99. The van der Waals surface area contributed by atoms with Crippen molar-refractivity contribution in [1.29, 1.82) is 0 Å². The number of nitrogens with zero attached hydrogens (tertiary/aromatic N) is 2. The number of benzene rings is 2. The second kappa shape index (κ2) is 7.35. The summed E-state index contributed by atoms with van der Waals surface area (Å²) in [4.78, 5) is 4.79. The number of methoxy groups -OCH3 is 1. The average molecular weight is 320 g/mol. The predicted octanol–water partition coefficient (Wildman–Crippen LogP) is 5.26. The van der Waals surface area contributed by atoms with Crippen LogP contribution < -0.4 is 4.74 Å². The SMILES string of the molecule is COc1ccc(/C=C/c2nc3ccccc3n2CCC(C)C)cc1. The number of imidazole rings is 1. The van der Waals surface area contributed by atoms with Crippen molar-refractivity contribution in [2.75, 3.05) is 7.11 Å². The third-order valence-electron chi connectivity index (χ3n) is 4.15. The lowest BCUT2D eigenvalue weighted by Gasteiger charge is -2.09. The predicted molar refractivity (Wildman–Crippen MR) is 101 cm³/mol. The van der Waals surface area contributed by atoms with E-state index < -0.39 is 0 Å². The molecule has 124 valence electrons. The molecule has 0 atom stereocenters. The van der Waals surface area contributed by atoms with Crippen molar-refractivity contribution in [2.24, 2.45) is 5.92 Å². The third kappa shape index (κ3) is 3.67. The number of hydrogen-bond donors (Lipinski definition) is 0. The maximum absolute atomic E-state index is 5.20. The van der Waals surface area contributed by atoms with Gasteiger partial charge in [0.05, 0.1) is 18.1 Å². The minimum absolute atomic E-state index is 0.671. The number of fused-ring (bicyclic) bond motifs is 1. The first-order valence-corrected chi connectivity index (χ1v) is 8.45. The maximum Gasteiger partial charge on any atom is 0.133 e. The molecule has 0 amide bonds. The molecular formula is C21H24N2O. The Morgan fingerprint density at radius 1 is 1.04 bits per heavy atom. The van der Waals surface area contributed by atoms with E-state index in [1.165, 1.54) is 5.52 Å². The Morgan fingerprint density at radius 3 is 2.50 bits per heavy atom. The molecule has 0 saturated carbocycles. The van der Waals surface area contributed by atoms with E-state index in [0.29, 0.717) is 5.92 Å².